The zero-order valence-corrected chi connectivity index (χ0v) is 10.4. The molecular formula is C12H23NS. The smallest absolute Gasteiger partial charge is 0.0124 e. The highest BCUT2D eigenvalue weighted by Gasteiger charge is 2.38. The molecule has 0 spiro atoms. The first-order chi connectivity index (χ1) is 6.62. The van der Waals surface area contributed by atoms with E-state index in [9.17, 15) is 0 Å². The normalized spacial score (nSPS) is 33.6. The highest BCUT2D eigenvalue weighted by Crippen LogP contribution is 2.39. The molecule has 0 radical (unpaired) electrons. The Labute approximate surface area is 93.7 Å². The van der Waals surface area contributed by atoms with Crippen molar-refractivity contribution in [1.29, 1.82) is 0 Å². The molecule has 2 fully saturated rings. The van der Waals surface area contributed by atoms with Crippen molar-refractivity contribution in [2.45, 2.75) is 45.6 Å². The van der Waals surface area contributed by atoms with Crippen molar-refractivity contribution in [2.75, 3.05) is 18.8 Å². The zero-order chi connectivity index (χ0) is 10.2. The van der Waals surface area contributed by atoms with E-state index >= 15 is 0 Å². The van der Waals surface area contributed by atoms with Crippen molar-refractivity contribution < 1.29 is 0 Å². The number of fused-ring (bicyclic) bond motifs is 1. The van der Waals surface area contributed by atoms with E-state index in [2.05, 4.69) is 31.4 Å². The Hall–Kier alpha value is 0.310. The third kappa shape index (κ3) is 2.11. The Kier molecular flexibility index (Phi) is 3.13. The Balaban J connectivity index is 1.93. The van der Waals surface area contributed by atoms with Crippen LogP contribution in [0.4, 0.5) is 0 Å². The van der Waals surface area contributed by atoms with Crippen LogP contribution in [0.2, 0.25) is 0 Å². The van der Waals surface area contributed by atoms with Gasteiger partial charge in [0.2, 0.25) is 0 Å². The van der Waals surface area contributed by atoms with Crippen LogP contribution >= 0.6 is 12.6 Å². The molecular weight excluding hydrogens is 190 g/mol. The summed E-state index contributed by atoms with van der Waals surface area (Å²) >= 11 is 4.44. The van der Waals surface area contributed by atoms with Crippen LogP contribution in [0.3, 0.4) is 0 Å². The van der Waals surface area contributed by atoms with Gasteiger partial charge in [-0.3, -0.25) is 4.90 Å². The van der Waals surface area contributed by atoms with Crippen LogP contribution in [-0.4, -0.2) is 29.8 Å². The summed E-state index contributed by atoms with van der Waals surface area (Å²) in [5.74, 6) is 2.03. The summed E-state index contributed by atoms with van der Waals surface area (Å²) in [6, 6.07) is 0.925. The molecule has 1 nitrogen and oxygen atoms in total. The first kappa shape index (κ1) is 10.8. The lowest BCUT2D eigenvalue weighted by atomic mass is 9.95. The molecule has 2 aliphatic rings. The minimum absolute atomic E-state index is 0.389. The van der Waals surface area contributed by atoms with Gasteiger partial charge < -0.3 is 0 Å². The fraction of sp³-hybridized carbons (Fsp3) is 1.00. The van der Waals surface area contributed by atoms with Gasteiger partial charge in [0.1, 0.15) is 0 Å². The SMILES string of the molecule is CC(C)(CS)CN1CCC2CCCC21. The van der Waals surface area contributed by atoms with E-state index in [4.69, 9.17) is 0 Å². The van der Waals surface area contributed by atoms with E-state index in [-0.39, 0.29) is 0 Å². The fourth-order valence-corrected chi connectivity index (χ4v) is 3.23. The average molecular weight is 213 g/mol. The second-order valence-corrected chi connectivity index (χ2v) is 6.16. The summed E-state index contributed by atoms with van der Waals surface area (Å²) in [7, 11) is 0. The Bertz CT molecular complexity index is 202. The van der Waals surface area contributed by atoms with Crippen LogP contribution in [-0.2, 0) is 0 Å². The van der Waals surface area contributed by atoms with E-state index in [0.29, 0.717) is 5.41 Å². The van der Waals surface area contributed by atoms with Gasteiger partial charge >= 0.3 is 0 Å². The highest BCUT2D eigenvalue weighted by atomic mass is 32.1. The summed E-state index contributed by atoms with van der Waals surface area (Å²) in [6.45, 7) is 7.26. The molecule has 0 bridgehead atoms. The minimum Gasteiger partial charge on any atom is -0.300 e. The van der Waals surface area contributed by atoms with Gasteiger partial charge in [-0.1, -0.05) is 20.3 Å². The van der Waals surface area contributed by atoms with Crippen LogP contribution in [0.25, 0.3) is 0 Å². The average Bonchev–Trinajstić information content (AvgIpc) is 2.70. The van der Waals surface area contributed by atoms with Crippen molar-refractivity contribution >= 4 is 12.6 Å². The van der Waals surface area contributed by atoms with E-state index < -0.39 is 0 Å². The number of hydrogen-bond donors (Lipinski definition) is 1. The maximum atomic E-state index is 4.44. The van der Waals surface area contributed by atoms with Crippen molar-refractivity contribution in [3.05, 3.63) is 0 Å². The number of hydrogen-bond acceptors (Lipinski definition) is 2. The molecule has 1 aliphatic heterocycles. The van der Waals surface area contributed by atoms with Crippen LogP contribution in [0.1, 0.15) is 39.5 Å². The van der Waals surface area contributed by atoms with Gasteiger partial charge in [-0.2, -0.15) is 12.6 Å². The summed E-state index contributed by atoms with van der Waals surface area (Å²) in [5.41, 5.74) is 0.389. The van der Waals surface area contributed by atoms with Crippen LogP contribution in [0.15, 0.2) is 0 Å². The molecule has 2 heteroatoms. The van der Waals surface area contributed by atoms with Crippen molar-refractivity contribution in [1.82, 2.24) is 4.90 Å². The first-order valence-electron chi connectivity index (χ1n) is 5.97. The van der Waals surface area contributed by atoms with Gasteiger partial charge in [0.25, 0.3) is 0 Å². The molecule has 0 aromatic heterocycles. The summed E-state index contributed by atoms with van der Waals surface area (Å²) in [5, 5.41) is 0. The summed E-state index contributed by atoms with van der Waals surface area (Å²) in [4.78, 5) is 2.73. The van der Waals surface area contributed by atoms with Crippen LogP contribution < -0.4 is 0 Å². The maximum absolute atomic E-state index is 4.44. The van der Waals surface area contributed by atoms with Gasteiger partial charge in [0.05, 0.1) is 0 Å². The number of likely N-dealkylation sites (tertiary alicyclic amines) is 1. The summed E-state index contributed by atoms with van der Waals surface area (Å²) in [6.07, 6.45) is 5.86. The molecule has 2 atom stereocenters. The largest absolute Gasteiger partial charge is 0.300 e. The van der Waals surface area contributed by atoms with E-state index in [0.717, 1.165) is 17.7 Å². The van der Waals surface area contributed by atoms with Gasteiger partial charge in [-0.15, -0.1) is 0 Å². The number of thiol groups is 1. The second-order valence-electron chi connectivity index (χ2n) is 5.84. The Morgan fingerprint density at radius 3 is 2.79 bits per heavy atom. The van der Waals surface area contributed by atoms with Crippen molar-refractivity contribution in [3.8, 4) is 0 Å². The quantitative estimate of drug-likeness (QED) is 0.706. The third-order valence-electron chi connectivity index (χ3n) is 3.93. The molecule has 2 unspecified atom stereocenters. The molecule has 1 saturated heterocycles. The molecule has 2 rings (SSSR count). The molecule has 1 aliphatic carbocycles. The molecule has 14 heavy (non-hydrogen) atoms. The lowest BCUT2D eigenvalue weighted by molar-refractivity contribution is 0.173. The molecule has 1 heterocycles. The topological polar surface area (TPSA) is 3.24 Å². The number of rotatable bonds is 3. The Morgan fingerprint density at radius 2 is 2.07 bits per heavy atom. The molecule has 0 N–H and O–H groups in total. The zero-order valence-electron chi connectivity index (χ0n) is 9.50. The standard InChI is InChI=1S/C12H23NS/c1-12(2,9-14)8-13-7-6-10-4-3-5-11(10)13/h10-11,14H,3-9H2,1-2H3. The molecule has 0 aromatic rings. The lowest BCUT2D eigenvalue weighted by Gasteiger charge is -2.32. The van der Waals surface area contributed by atoms with Gasteiger partial charge in [-0.05, 0) is 42.9 Å². The maximum Gasteiger partial charge on any atom is 0.0124 e. The first-order valence-corrected chi connectivity index (χ1v) is 6.60. The lowest BCUT2D eigenvalue weighted by Crippen LogP contribution is -2.38. The Morgan fingerprint density at radius 1 is 1.29 bits per heavy atom. The highest BCUT2D eigenvalue weighted by molar-refractivity contribution is 7.80. The van der Waals surface area contributed by atoms with Gasteiger partial charge in [0, 0.05) is 12.6 Å². The molecule has 0 aromatic carbocycles. The van der Waals surface area contributed by atoms with Crippen LogP contribution in [0.5, 0.6) is 0 Å². The van der Waals surface area contributed by atoms with Gasteiger partial charge in [-0.25, -0.2) is 0 Å². The van der Waals surface area contributed by atoms with Gasteiger partial charge in [0.15, 0.2) is 0 Å². The third-order valence-corrected chi connectivity index (χ3v) is 4.79. The minimum atomic E-state index is 0.389. The van der Waals surface area contributed by atoms with E-state index in [1.807, 2.05) is 0 Å². The number of nitrogens with zero attached hydrogens (tertiary/aromatic N) is 1. The van der Waals surface area contributed by atoms with Crippen molar-refractivity contribution in [2.24, 2.45) is 11.3 Å². The summed E-state index contributed by atoms with van der Waals surface area (Å²) < 4.78 is 0. The molecule has 1 saturated carbocycles. The fourth-order valence-electron chi connectivity index (χ4n) is 3.13. The van der Waals surface area contributed by atoms with Crippen LogP contribution in [0, 0.1) is 11.3 Å². The van der Waals surface area contributed by atoms with E-state index in [1.54, 1.807) is 0 Å². The van der Waals surface area contributed by atoms with E-state index in [1.165, 1.54) is 38.8 Å². The molecule has 82 valence electrons. The molecule has 0 amide bonds. The monoisotopic (exact) mass is 213 g/mol. The van der Waals surface area contributed by atoms with Crippen molar-refractivity contribution in [3.63, 3.8) is 0 Å². The predicted octanol–water partition coefficient (Wildman–Crippen LogP) is 2.82. The second kappa shape index (κ2) is 4.05. The predicted molar refractivity (Wildman–Crippen MR) is 65.0 cm³/mol.